The first-order chi connectivity index (χ1) is 19.9. The number of likely N-dealkylation sites (N-methyl/N-ethyl adjacent to an activating group) is 1. The van der Waals surface area contributed by atoms with E-state index in [4.69, 9.17) is 9.97 Å². The van der Waals surface area contributed by atoms with Crippen LogP contribution in [0.1, 0.15) is 48.7 Å². The number of aliphatic hydroxyl groups is 2. The van der Waals surface area contributed by atoms with Crippen molar-refractivity contribution < 1.29 is 10.2 Å². The second-order valence-corrected chi connectivity index (χ2v) is 11.8. The van der Waals surface area contributed by atoms with E-state index >= 15 is 0 Å². The topological polar surface area (TPSA) is 104 Å². The highest BCUT2D eigenvalue weighted by atomic mass is 16.3. The minimum absolute atomic E-state index is 0.257. The van der Waals surface area contributed by atoms with Gasteiger partial charge in [-0.3, -0.25) is 0 Å². The van der Waals surface area contributed by atoms with Crippen molar-refractivity contribution in [1.29, 1.82) is 0 Å². The molecule has 2 aliphatic heterocycles. The first kappa shape index (κ1) is 26.3. The third kappa shape index (κ3) is 4.55. The lowest BCUT2D eigenvalue weighted by Gasteiger charge is -2.39. The molecule has 1 saturated carbocycles. The normalized spacial score (nSPS) is 24.7. The van der Waals surface area contributed by atoms with Crippen molar-refractivity contribution in [2.75, 3.05) is 55.0 Å². The monoisotopic (exact) mass is 554 g/mol. The van der Waals surface area contributed by atoms with Crippen molar-refractivity contribution >= 4 is 29.0 Å². The van der Waals surface area contributed by atoms with Crippen LogP contribution in [-0.2, 0) is 12.0 Å². The predicted octanol–water partition coefficient (Wildman–Crippen LogP) is 3.85. The zero-order valence-electron chi connectivity index (χ0n) is 23.6. The number of nitrogens with zero attached hydrogens (tertiary/aromatic N) is 7. The zero-order chi connectivity index (χ0) is 28.1. The van der Waals surface area contributed by atoms with E-state index in [1.807, 2.05) is 23.2 Å². The molecule has 4 aliphatic rings. The highest BCUT2D eigenvalue weighted by Crippen LogP contribution is 2.50. The van der Waals surface area contributed by atoms with E-state index in [1.54, 1.807) is 17.3 Å². The maximum atomic E-state index is 11.7. The number of pyridine rings is 1. The number of fused-ring (bicyclic) bond motifs is 2. The number of rotatable bonds is 7. The Morgan fingerprint density at radius 3 is 2.56 bits per heavy atom. The first-order valence-electron chi connectivity index (χ1n) is 14.7. The lowest BCUT2D eigenvalue weighted by atomic mass is 9.71. The molecule has 1 aromatic carbocycles. The Bertz CT molecular complexity index is 1440. The summed E-state index contributed by atoms with van der Waals surface area (Å²) in [6.45, 7) is 8.45. The zero-order valence-corrected chi connectivity index (χ0v) is 23.6. The Morgan fingerprint density at radius 2 is 1.85 bits per heavy atom. The Morgan fingerprint density at radius 1 is 1.07 bits per heavy atom. The first-order valence-corrected chi connectivity index (χ1v) is 14.7. The molecule has 7 rings (SSSR count). The molecule has 0 radical (unpaired) electrons. The Balaban J connectivity index is 1.18. The summed E-state index contributed by atoms with van der Waals surface area (Å²) in [6, 6.07) is 12.4. The van der Waals surface area contributed by atoms with Gasteiger partial charge in [-0.2, -0.15) is 9.99 Å². The molecule has 0 amide bonds. The molecule has 0 bridgehead atoms. The van der Waals surface area contributed by atoms with Crippen molar-refractivity contribution in [1.82, 2.24) is 24.9 Å². The van der Waals surface area contributed by atoms with Gasteiger partial charge < -0.3 is 25.3 Å². The molecule has 4 heterocycles. The van der Waals surface area contributed by atoms with Crippen LogP contribution in [0.15, 0.2) is 55.3 Å². The Labute approximate surface area is 240 Å². The summed E-state index contributed by atoms with van der Waals surface area (Å²) in [5, 5.41) is 29.8. The average Bonchev–Trinajstić information content (AvgIpc) is 3.42. The average molecular weight is 555 g/mol. The number of nitrogens with one attached hydrogen (secondary N) is 1. The summed E-state index contributed by atoms with van der Waals surface area (Å²) in [5.41, 5.74) is 3.68. The maximum Gasteiger partial charge on any atom is 0.229 e. The molecular weight excluding hydrogens is 516 g/mol. The van der Waals surface area contributed by atoms with E-state index in [-0.39, 0.29) is 5.92 Å². The van der Waals surface area contributed by atoms with E-state index in [9.17, 15) is 10.2 Å². The van der Waals surface area contributed by atoms with E-state index in [0.717, 1.165) is 68.8 Å². The molecule has 41 heavy (non-hydrogen) atoms. The third-order valence-corrected chi connectivity index (χ3v) is 9.27. The van der Waals surface area contributed by atoms with Gasteiger partial charge in [-0.05, 0) is 74.5 Å². The van der Waals surface area contributed by atoms with Gasteiger partial charge in [0.05, 0.1) is 11.3 Å². The summed E-state index contributed by atoms with van der Waals surface area (Å²) in [5.74, 6) is 1.86. The molecule has 3 N–H and O–H groups in total. The van der Waals surface area contributed by atoms with Crippen LogP contribution >= 0.6 is 0 Å². The second kappa shape index (κ2) is 10.4. The quantitative estimate of drug-likeness (QED) is 0.373. The molecule has 2 fully saturated rings. The summed E-state index contributed by atoms with van der Waals surface area (Å²) < 4.78 is 0. The van der Waals surface area contributed by atoms with Gasteiger partial charge in [-0.25, -0.2) is 15.0 Å². The van der Waals surface area contributed by atoms with Crippen molar-refractivity contribution in [3.05, 3.63) is 72.1 Å². The highest BCUT2D eigenvalue weighted by Gasteiger charge is 2.48. The molecule has 214 valence electrons. The SMILES string of the molecule is C=CCN1C(O)c2cnc(Nc3ccc(N4CCN(C)CC4)cc3)nc2N1c1ccc2c(n1)[C@@](O)(C1CCC1)CC2. The number of hydrogen-bond donors (Lipinski definition) is 3. The van der Waals surface area contributed by atoms with Gasteiger partial charge >= 0.3 is 0 Å². The van der Waals surface area contributed by atoms with Crippen molar-refractivity contribution in [2.24, 2.45) is 5.92 Å². The van der Waals surface area contributed by atoms with E-state index in [0.29, 0.717) is 36.1 Å². The van der Waals surface area contributed by atoms with Crippen LogP contribution < -0.4 is 15.2 Å². The van der Waals surface area contributed by atoms with Gasteiger partial charge in [0, 0.05) is 50.3 Å². The van der Waals surface area contributed by atoms with E-state index in [2.05, 4.69) is 51.9 Å². The third-order valence-electron chi connectivity index (χ3n) is 9.27. The minimum atomic E-state index is -0.944. The molecule has 2 aromatic heterocycles. The van der Waals surface area contributed by atoms with Crippen LogP contribution in [0.5, 0.6) is 0 Å². The Hall–Kier alpha value is -3.57. The summed E-state index contributed by atoms with van der Waals surface area (Å²) in [4.78, 5) is 19.2. The second-order valence-electron chi connectivity index (χ2n) is 11.8. The molecular formula is C31H38N8O2. The number of aliphatic hydroxyl groups excluding tert-OH is 1. The fraction of sp³-hybridized carbons (Fsp3) is 0.452. The molecule has 1 unspecified atom stereocenters. The van der Waals surface area contributed by atoms with Gasteiger partial charge in [0.15, 0.2) is 12.0 Å². The number of hydrazine groups is 1. The maximum absolute atomic E-state index is 11.7. The summed E-state index contributed by atoms with van der Waals surface area (Å²) in [6.07, 6.45) is 7.24. The van der Waals surface area contributed by atoms with Gasteiger partial charge in [-0.15, -0.1) is 6.58 Å². The van der Waals surface area contributed by atoms with Gasteiger partial charge in [0.1, 0.15) is 11.4 Å². The highest BCUT2D eigenvalue weighted by molar-refractivity contribution is 5.66. The standard InChI is InChI=1S/C31H38N8O2/c1-3-15-38-29(40)25-20-32-30(33-23-8-10-24(11-9-23)37-18-16-36(2)17-19-37)35-28(25)39(38)26-12-7-21-13-14-31(41,27(21)34-26)22-5-4-6-22/h3,7-12,20,22,29,40-41H,1,4-6,13-19H2,2H3,(H,32,33,35)/t29?,31-/m0/s1. The number of hydrogen-bond acceptors (Lipinski definition) is 10. The summed E-state index contributed by atoms with van der Waals surface area (Å²) in [7, 11) is 2.16. The van der Waals surface area contributed by atoms with Crippen molar-refractivity contribution in [3.63, 3.8) is 0 Å². The molecule has 2 atom stereocenters. The number of benzene rings is 1. The van der Waals surface area contributed by atoms with Crippen LogP contribution in [0.3, 0.4) is 0 Å². The van der Waals surface area contributed by atoms with Gasteiger partial charge in [0.25, 0.3) is 0 Å². The van der Waals surface area contributed by atoms with Gasteiger partial charge in [0.2, 0.25) is 5.95 Å². The number of aryl methyl sites for hydroxylation is 1. The number of anilines is 5. The van der Waals surface area contributed by atoms with Gasteiger partial charge in [-0.1, -0.05) is 18.6 Å². The summed E-state index contributed by atoms with van der Waals surface area (Å²) >= 11 is 0. The van der Waals surface area contributed by atoms with Crippen LogP contribution in [0.2, 0.25) is 0 Å². The molecule has 10 heteroatoms. The van der Waals surface area contributed by atoms with Crippen LogP contribution in [0.4, 0.5) is 29.0 Å². The number of aromatic nitrogens is 3. The fourth-order valence-corrected chi connectivity index (χ4v) is 6.59. The smallest absolute Gasteiger partial charge is 0.229 e. The number of piperazine rings is 1. The molecule has 10 nitrogen and oxygen atoms in total. The fourth-order valence-electron chi connectivity index (χ4n) is 6.59. The lowest BCUT2D eigenvalue weighted by Crippen LogP contribution is -2.44. The Kier molecular flexibility index (Phi) is 6.66. The van der Waals surface area contributed by atoms with Crippen LogP contribution in [0, 0.1) is 5.92 Å². The molecule has 0 spiro atoms. The van der Waals surface area contributed by atoms with Crippen molar-refractivity contribution in [2.45, 2.75) is 43.9 Å². The van der Waals surface area contributed by atoms with Crippen LogP contribution in [-0.4, -0.2) is 74.8 Å². The van der Waals surface area contributed by atoms with E-state index < -0.39 is 11.8 Å². The molecule has 2 aliphatic carbocycles. The molecule has 1 saturated heterocycles. The minimum Gasteiger partial charge on any atom is -0.383 e. The van der Waals surface area contributed by atoms with Crippen molar-refractivity contribution in [3.8, 4) is 0 Å². The largest absolute Gasteiger partial charge is 0.383 e. The van der Waals surface area contributed by atoms with E-state index in [1.165, 1.54) is 5.69 Å². The lowest BCUT2D eigenvalue weighted by molar-refractivity contribution is -0.0576. The molecule has 3 aromatic rings. The predicted molar refractivity (Wildman–Crippen MR) is 159 cm³/mol. The van der Waals surface area contributed by atoms with Crippen LogP contribution in [0.25, 0.3) is 0 Å².